The molecule has 0 N–H and O–H groups in total. The highest BCUT2D eigenvalue weighted by Crippen LogP contribution is 2.33. The van der Waals surface area contributed by atoms with Crippen LogP contribution >= 0.6 is 11.6 Å². The Kier molecular flexibility index (Phi) is 5.75. The molecule has 2 fully saturated rings. The van der Waals surface area contributed by atoms with Gasteiger partial charge >= 0.3 is 0 Å². The molecule has 33 heavy (non-hydrogen) atoms. The maximum Gasteiger partial charge on any atom is 0.255 e. The third kappa shape index (κ3) is 4.18. The Balaban J connectivity index is 1.48. The van der Waals surface area contributed by atoms with Crippen molar-refractivity contribution >= 4 is 23.4 Å². The van der Waals surface area contributed by atoms with Crippen LogP contribution in [0.4, 0.5) is 0 Å². The number of aryl methyl sites for hydroxylation is 1. The van der Waals surface area contributed by atoms with E-state index in [1.807, 2.05) is 59.2 Å². The van der Waals surface area contributed by atoms with E-state index in [4.69, 9.17) is 11.6 Å². The molecule has 1 aromatic heterocycles. The average molecular weight is 462 g/mol. The van der Waals surface area contributed by atoms with E-state index < -0.39 is 0 Å². The fraction of sp³-hybridized carbons (Fsp3) is 0.333. The van der Waals surface area contributed by atoms with E-state index in [1.165, 1.54) is 0 Å². The minimum absolute atomic E-state index is 0.0218. The third-order valence-corrected chi connectivity index (χ3v) is 7.03. The highest BCUT2D eigenvalue weighted by molar-refractivity contribution is 6.30. The minimum Gasteiger partial charge on any atom is -0.339 e. The smallest absolute Gasteiger partial charge is 0.255 e. The van der Waals surface area contributed by atoms with E-state index in [0.717, 1.165) is 41.0 Å². The molecule has 2 aliphatic rings. The van der Waals surface area contributed by atoms with E-state index in [-0.39, 0.29) is 17.7 Å². The van der Waals surface area contributed by atoms with Crippen LogP contribution in [0, 0.1) is 19.8 Å². The number of hydrogen-bond acceptors (Lipinski definition) is 2. The number of nitrogens with zero attached hydrogens (tertiary/aromatic N) is 3. The molecule has 5 rings (SSSR count). The van der Waals surface area contributed by atoms with Gasteiger partial charge in [-0.15, -0.1) is 0 Å². The lowest BCUT2D eigenvalue weighted by Gasteiger charge is -2.35. The summed E-state index contributed by atoms with van der Waals surface area (Å²) >= 11 is 6.13. The zero-order chi connectivity index (χ0) is 23.1. The number of halogens is 1. The highest BCUT2D eigenvalue weighted by Gasteiger charge is 2.35. The Morgan fingerprint density at radius 1 is 0.879 bits per heavy atom. The molecule has 1 saturated carbocycles. The summed E-state index contributed by atoms with van der Waals surface area (Å²) in [7, 11) is 0. The Labute approximate surface area is 199 Å². The largest absolute Gasteiger partial charge is 0.339 e. The number of carbonyl (C=O) groups excluding carboxylic acids is 2. The Morgan fingerprint density at radius 3 is 2.15 bits per heavy atom. The molecule has 0 atom stereocenters. The molecule has 0 unspecified atom stereocenters. The lowest BCUT2D eigenvalue weighted by molar-refractivity contribution is -0.134. The van der Waals surface area contributed by atoms with Crippen LogP contribution in [0.15, 0.2) is 54.6 Å². The molecule has 170 valence electrons. The highest BCUT2D eigenvalue weighted by atomic mass is 35.5. The number of rotatable bonds is 4. The molecular formula is C27H28ClN3O2. The minimum atomic E-state index is 0.0218. The maximum absolute atomic E-state index is 13.6. The van der Waals surface area contributed by atoms with Gasteiger partial charge in [-0.05, 0) is 62.1 Å². The van der Waals surface area contributed by atoms with Gasteiger partial charge in [-0.1, -0.05) is 41.9 Å². The Bertz CT molecular complexity index is 1200. The van der Waals surface area contributed by atoms with E-state index in [2.05, 4.69) is 23.6 Å². The molecule has 6 heteroatoms. The van der Waals surface area contributed by atoms with Crippen LogP contribution in [0.5, 0.6) is 0 Å². The summed E-state index contributed by atoms with van der Waals surface area (Å²) in [5, 5.41) is 0.680. The number of amides is 2. The summed E-state index contributed by atoms with van der Waals surface area (Å²) in [6.07, 6.45) is 2.02. The molecule has 2 aromatic carbocycles. The summed E-state index contributed by atoms with van der Waals surface area (Å²) in [4.78, 5) is 29.8. The van der Waals surface area contributed by atoms with Gasteiger partial charge in [0.15, 0.2) is 0 Å². The summed E-state index contributed by atoms with van der Waals surface area (Å²) in [6.45, 7) is 6.46. The zero-order valence-corrected chi connectivity index (χ0v) is 19.8. The van der Waals surface area contributed by atoms with Gasteiger partial charge in [-0.3, -0.25) is 9.59 Å². The lowest BCUT2D eigenvalue weighted by atomic mass is 10.1. The van der Waals surface area contributed by atoms with Crippen molar-refractivity contribution in [2.24, 2.45) is 5.92 Å². The van der Waals surface area contributed by atoms with Gasteiger partial charge in [-0.2, -0.15) is 0 Å². The number of hydrogen-bond donors (Lipinski definition) is 0. The van der Waals surface area contributed by atoms with Gasteiger partial charge in [-0.25, -0.2) is 0 Å². The monoisotopic (exact) mass is 461 g/mol. The Morgan fingerprint density at radius 2 is 1.52 bits per heavy atom. The molecule has 1 saturated heterocycles. The standard InChI is InChI=1S/C27H28ClN3O2/c1-18-5-3-4-6-24(18)31-19(2)23(17-25(31)20-9-11-22(28)12-10-20)27(33)30-15-13-29(14-16-30)26(32)21-7-8-21/h3-6,9-12,17,21H,7-8,13-16H2,1-2H3. The van der Waals surface area contributed by atoms with Gasteiger partial charge in [0, 0.05) is 48.5 Å². The summed E-state index contributed by atoms with van der Waals surface area (Å²) in [5.74, 6) is 0.502. The second-order valence-electron chi connectivity index (χ2n) is 9.05. The number of para-hydroxylation sites is 1. The van der Waals surface area contributed by atoms with Crippen LogP contribution in [0.2, 0.25) is 5.02 Å². The van der Waals surface area contributed by atoms with Crippen molar-refractivity contribution in [3.63, 3.8) is 0 Å². The first kappa shape index (κ1) is 21.8. The fourth-order valence-electron chi connectivity index (χ4n) is 4.67. The van der Waals surface area contributed by atoms with Crippen molar-refractivity contribution in [3.8, 4) is 16.9 Å². The molecule has 1 aliphatic carbocycles. The molecule has 2 amide bonds. The van der Waals surface area contributed by atoms with Crippen LogP contribution in [0.3, 0.4) is 0 Å². The Hall–Kier alpha value is -3.05. The molecule has 2 heterocycles. The van der Waals surface area contributed by atoms with Crippen molar-refractivity contribution in [2.45, 2.75) is 26.7 Å². The van der Waals surface area contributed by atoms with Gasteiger partial charge in [0.2, 0.25) is 5.91 Å². The predicted octanol–water partition coefficient (Wildman–Crippen LogP) is 5.11. The SMILES string of the molecule is Cc1ccccc1-n1c(-c2ccc(Cl)cc2)cc(C(=O)N2CCN(C(=O)C3CC3)CC2)c1C. The third-order valence-electron chi connectivity index (χ3n) is 6.78. The van der Waals surface area contributed by atoms with Crippen LogP contribution in [-0.2, 0) is 4.79 Å². The van der Waals surface area contributed by atoms with Crippen molar-refractivity contribution in [3.05, 3.63) is 76.4 Å². The van der Waals surface area contributed by atoms with Gasteiger partial charge in [0.25, 0.3) is 5.91 Å². The summed E-state index contributed by atoms with van der Waals surface area (Å²) in [5.41, 5.74) is 5.77. The zero-order valence-electron chi connectivity index (χ0n) is 19.1. The normalized spacial score (nSPS) is 16.2. The van der Waals surface area contributed by atoms with Gasteiger partial charge in [0.1, 0.15) is 0 Å². The number of benzene rings is 2. The summed E-state index contributed by atoms with van der Waals surface area (Å²) < 4.78 is 2.17. The number of piperazine rings is 1. The lowest BCUT2D eigenvalue weighted by Crippen LogP contribution is -2.51. The molecule has 5 nitrogen and oxygen atoms in total. The second-order valence-corrected chi connectivity index (χ2v) is 9.49. The van der Waals surface area contributed by atoms with Crippen molar-refractivity contribution in [2.75, 3.05) is 26.2 Å². The average Bonchev–Trinajstić information content (AvgIpc) is 3.63. The van der Waals surface area contributed by atoms with Crippen LogP contribution in [0.25, 0.3) is 16.9 Å². The number of aromatic nitrogens is 1. The van der Waals surface area contributed by atoms with E-state index in [9.17, 15) is 9.59 Å². The van der Waals surface area contributed by atoms with Gasteiger partial charge < -0.3 is 14.4 Å². The molecule has 1 aliphatic heterocycles. The van der Waals surface area contributed by atoms with Crippen molar-refractivity contribution < 1.29 is 9.59 Å². The maximum atomic E-state index is 13.6. The second kappa shape index (κ2) is 8.71. The van der Waals surface area contributed by atoms with E-state index >= 15 is 0 Å². The predicted molar refractivity (Wildman–Crippen MR) is 131 cm³/mol. The fourth-order valence-corrected chi connectivity index (χ4v) is 4.80. The molecule has 0 radical (unpaired) electrons. The first-order chi connectivity index (χ1) is 15.9. The van der Waals surface area contributed by atoms with Crippen LogP contribution in [0.1, 0.15) is 34.5 Å². The van der Waals surface area contributed by atoms with E-state index in [1.54, 1.807) is 0 Å². The van der Waals surface area contributed by atoms with Crippen molar-refractivity contribution in [1.29, 1.82) is 0 Å². The number of carbonyl (C=O) groups is 2. The van der Waals surface area contributed by atoms with Crippen LogP contribution in [-0.4, -0.2) is 52.4 Å². The quantitative estimate of drug-likeness (QED) is 0.542. The van der Waals surface area contributed by atoms with Gasteiger partial charge in [0.05, 0.1) is 11.3 Å². The topological polar surface area (TPSA) is 45.6 Å². The molecule has 0 spiro atoms. The van der Waals surface area contributed by atoms with E-state index in [0.29, 0.717) is 36.8 Å². The molecule has 0 bridgehead atoms. The summed E-state index contributed by atoms with van der Waals surface area (Å²) in [6, 6.07) is 17.9. The molecule has 3 aromatic rings. The van der Waals surface area contributed by atoms with Crippen LogP contribution < -0.4 is 0 Å². The first-order valence-electron chi connectivity index (χ1n) is 11.6. The molecular weight excluding hydrogens is 434 g/mol. The van der Waals surface area contributed by atoms with Crippen molar-refractivity contribution in [1.82, 2.24) is 14.4 Å². The first-order valence-corrected chi connectivity index (χ1v) is 11.9.